The minimum atomic E-state index is -0.814. The fourth-order valence-electron chi connectivity index (χ4n) is 1.82. The molecule has 2 N–H and O–H groups in total. The van der Waals surface area contributed by atoms with E-state index in [1.165, 1.54) is 30.0 Å². The second kappa shape index (κ2) is 8.84. The average molecular weight is 362 g/mol. The Morgan fingerprint density at radius 2 is 1.72 bits per heavy atom. The number of esters is 1. The molecule has 0 aliphatic heterocycles. The van der Waals surface area contributed by atoms with Gasteiger partial charge in [0, 0.05) is 4.90 Å². The molecule has 0 aliphatic carbocycles. The molecule has 0 saturated carbocycles. The number of nitrogens with one attached hydrogen (secondary N) is 2. The molecular weight excluding hydrogens is 347 g/mol. The Bertz CT molecular complexity index is 780. The highest BCUT2D eigenvalue weighted by molar-refractivity contribution is 7.98. The van der Waals surface area contributed by atoms with Gasteiger partial charge in [0.1, 0.15) is 5.82 Å². The van der Waals surface area contributed by atoms with Crippen LogP contribution in [0.4, 0.5) is 4.39 Å². The maximum atomic E-state index is 13.4. The molecule has 0 aromatic heterocycles. The molecule has 130 valence electrons. The fourth-order valence-corrected chi connectivity index (χ4v) is 2.23. The van der Waals surface area contributed by atoms with Gasteiger partial charge in [-0.05, 0) is 42.7 Å². The summed E-state index contributed by atoms with van der Waals surface area (Å²) in [6.07, 6.45) is 1.91. The van der Waals surface area contributed by atoms with Gasteiger partial charge in [-0.2, -0.15) is 0 Å². The van der Waals surface area contributed by atoms with Gasteiger partial charge in [-0.15, -0.1) is 11.8 Å². The summed E-state index contributed by atoms with van der Waals surface area (Å²) in [5.74, 6) is -2.94. The van der Waals surface area contributed by atoms with E-state index >= 15 is 0 Å². The van der Waals surface area contributed by atoms with E-state index in [1.54, 1.807) is 24.3 Å². The number of carbonyl (C=O) groups excluding carboxylic acids is 3. The van der Waals surface area contributed by atoms with E-state index in [9.17, 15) is 18.8 Å². The smallest absolute Gasteiger partial charge is 0.338 e. The molecule has 0 fully saturated rings. The normalized spacial score (nSPS) is 10.0. The first-order valence-electron chi connectivity index (χ1n) is 7.16. The Labute approximate surface area is 147 Å². The predicted octanol–water partition coefficient (Wildman–Crippen LogP) is 2.17. The van der Waals surface area contributed by atoms with Crippen LogP contribution in [0.3, 0.4) is 0 Å². The second-order valence-electron chi connectivity index (χ2n) is 4.79. The number of hydrogen-bond donors (Lipinski definition) is 2. The SMILES string of the molecule is CSc1ccc(C(=O)OCC(=O)NNC(=O)c2ccccc2F)cc1. The lowest BCUT2D eigenvalue weighted by Gasteiger charge is -2.08. The van der Waals surface area contributed by atoms with Crippen LogP contribution in [0, 0.1) is 5.82 Å². The molecule has 25 heavy (non-hydrogen) atoms. The van der Waals surface area contributed by atoms with Crippen molar-refractivity contribution in [1.82, 2.24) is 10.9 Å². The molecule has 0 radical (unpaired) electrons. The standard InChI is InChI=1S/C17H15FN2O4S/c1-25-12-8-6-11(7-9-12)17(23)24-10-15(21)19-20-16(22)13-4-2-3-5-14(13)18/h2-9H,10H2,1H3,(H,19,21)(H,20,22). The number of carbonyl (C=O) groups is 3. The maximum Gasteiger partial charge on any atom is 0.338 e. The quantitative estimate of drug-likeness (QED) is 0.484. The van der Waals surface area contributed by atoms with Crippen molar-refractivity contribution in [2.75, 3.05) is 12.9 Å². The number of benzene rings is 2. The van der Waals surface area contributed by atoms with Crippen molar-refractivity contribution in [3.63, 3.8) is 0 Å². The van der Waals surface area contributed by atoms with E-state index < -0.39 is 30.2 Å². The molecule has 2 amide bonds. The topological polar surface area (TPSA) is 84.5 Å². The van der Waals surface area contributed by atoms with Gasteiger partial charge in [0.05, 0.1) is 11.1 Å². The molecule has 8 heteroatoms. The zero-order valence-corrected chi connectivity index (χ0v) is 14.1. The third kappa shape index (κ3) is 5.32. The van der Waals surface area contributed by atoms with Crippen molar-refractivity contribution in [3.05, 3.63) is 65.5 Å². The van der Waals surface area contributed by atoms with Gasteiger partial charge in [-0.25, -0.2) is 9.18 Å². The van der Waals surface area contributed by atoms with E-state index in [0.717, 1.165) is 11.0 Å². The van der Waals surface area contributed by atoms with Crippen LogP contribution in [0.15, 0.2) is 53.4 Å². The summed E-state index contributed by atoms with van der Waals surface area (Å²) < 4.78 is 18.3. The maximum absolute atomic E-state index is 13.4. The molecule has 0 saturated heterocycles. The van der Waals surface area contributed by atoms with Crippen molar-refractivity contribution in [2.24, 2.45) is 0 Å². The molecule has 0 atom stereocenters. The Morgan fingerprint density at radius 1 is 1.04 bits per heavy atom. The molecule has 0 heterocycles. The van der Waals surface area contributed by atoms with Gasteiger partial charge in [0.15, 0.2) is 6.61 Å². The Balaban J connectivity index is 1.79. The highest BCUT2D eigenvalue weighted by atomic mass is 32.2. The van der Waals surface area contributed by atoms with Crippen LogP contribution in [0.25, 0.3) is 0 Å². The number of halogens is 1. The summed E-state index contributed by atoms with van der Waals surface area (Å²) in [4.78, 5) is 36.1. The molecule has 2 aromatic carbocycles. The molecule has 0 bridgehead atoms. The molecule has 2 rings (SSSR count). The van der Waals surface area contributed by atoms with E-state index in [0.29, 0.717) is 5.56 Å². The number of ether oxygens (including phenoxy) is 1. The van der Waals surface area contributed by atoms with E-state index in [-0.39, 0.29) is 5.56 Å². The molecule has 0 unspecified atom stereocenters. The summed E-state index contributed by atoms with van der Waals surface area (Å²) in [6.45, 7) is -0.583. The van der Waals surface area contributed by atoms with Crippen LogP contribution >= 0.6 is 11.8 Å². The van der Waals surface area contributed by atoms with Gasteiger partial charge in [0.25, 0.3) is 11.8 Å². The molecule has 0 spiro atoms. The number of hydrazine groups is 1. The minimum Gasteiger partial charge on any atom is -0.452 e. The Morgan fingerprint density at radius 3 is 2.36 bits per heavy atom. The zero-order chi connectivity index (χ0) is 18.2. The van der Waals surface area contributed by atoms with Crippen molar-refractivity contribution in [2.45, 2.75) is 4.90 Å². The lowest BCUT2D eigenvalue weighted by Crippen LogP contribution is -2.43. The monoisotopic (exact) mass is 362 g/mol. The number of thioether (sulfide) groups is 1. The third-order valence-corrected chi connectivity index (χ3v) is 3.84. The average Bonchev–Trinajstić information content (AvgIpc) is 2.64. The first-order chi connectivity index (χ1) is 12.0. The lowest BCUT2D eigenvalue weighted by atomic mass is 10.2. The predicted molar refractivity (Wildman–Crippen MR) is 90.5 cm³/mol. The van der Waals surface area contributed by atoms with Gasteiger partial charge in [0.2, 0.25) is 0 Å². The van der Waals surface area contributed by atoms with Crippen LogP contribution in [-0.4, -0.2) is 30.6 Å². The summed E-state index contributed by atoms with van der Waals surface area (Å²) in [5.41, 5.74) is 4.19. The van der Waals surface area contributed by atoms with Crippen LogP contribution in [0.5, 0.6) is 0 Å². The molecule has 6 nitrogen and oxygen atoms in total. The number of rotatable bonds is 5. The lowest BCUT2D eigenvalue weighted by molar-refractivity contribution is -0.125. The first kappa shape index (κ1) is 18.5. The molecule has 2 aromatic rings. The third-order valence-electron chi connectivity index (χ3n) is 3.09. The summed E-state index contributed by atoms with van der Waals surface area (Å²) in [7, 11) is 0. The number of amides is 2. The highest BCUT2D eigenvalue weighted by Crippen LogP contribution is 2.15. The largest absolute Gasteiger partial charge is 0.452 e. The van der Waals surface area contributed by atoms with Crippen molar-refractivity contribution in [1.29, 1.82) is 0 Å². The Kier molecular flexibility index (Phi) is 6.53. The van der Waals surface area contributed by atoms with Gasteiger partial charge < -0.3 is 4.74 Å². The van der Waals surface area contributed by atoms with Crippen LogP contribution in [-0.2, 0) is 9.53 Å². The van der Waals surface area contributed by atoms with Crippen molar-refractivity contribution >= 4 is 29.5 Å². The first-order valence-corrected chi connectivity index (χ1v) is 8.38. The molecular formula is C17H15FN2O4S. The van der Waals surface area contributed by atoms with Gasteiger partial charge in [-0.1, -0.05) is 12.1 Å². The Hall–Kier alpha value is -2.87. The van der Waals surface area contributed by atoms with Crippen LogP contribution in [0.1, 0.15) is 20.7 Å². The van der Waals surface area contributed by atoms with Crippen molar-refractivity contribution < 1.29 is 23.5 Å². The zero-order valence-electron chi connectivity index (χ0n) is 13.2. The number of hydrogen-bond acceptors (Lipinski definition) is 5. The minimum absolute atomic E-state index is 0.214. The van der Waals surface area contributed by atoms with E-state index in [2.05, 4.69) is 0 Å². The summed E-state index contributed by atoms with van der Waals surface area (Å²) in [6, 6.07) is 12.0. The van der Waals surface area contributed by atoms with Crippen LogP contribution < -0.4 is 10.9 Å². The fraction of sp³-hybridized carbons (Fsp3) is 0.118. The van der Waals surface area contributed by atoms with E-state index in [4.69, 9.17) is 4.74 Å². The molecule has 0 aliphatic rings. The van der Waals surface area contributed by atoms with Gasteiger partial charge in [-0.3, -0.25) is 20.4 Å². The van der Waals surface area contributed by atoms with Crippen molar-refractivity contribution in [3.8, 4) is 0 Å². The second-order valence-corrected chi connectivity index (χ2v) is 5.67. The van der Waals surface area contributed by atoms with E-state index in [1.807, 2.05) is 17.1 Å². The highest BCUT2D eigenvalue weighted by Gasteiger charge is 2.13. The van der Waals surface area contributed by atoms with Crippen LogP contribution in [0.2, 0.25) is 0 Å². The summed E-state index contributed by atoms with van der Waals surface area (Å²) in [5, 5.41) is 0. The van der Waals surface area contributed by atoms with Gasteiger partial charge >= 0.3 is 5.97 Å². The summed E-state index contributed by atoms with van der Waals surface area (Å²) >= 11 is 1.53.